The molecule has 30 heavy (non-hydrogen) atoms. The zero-order valence-electron chi connectivity index (χ0n) is 18.8. The van der Waals surface area contributed by atoms with Crippen LogP contribution in [0.5, 0.6) is 0 Å². The summed E-state index contributed by atoms with van der Waals surface area (Å²) in [5, 5.41) is -0.116. The molecule has 1 unspecified atom stereocenters. The number of fused-ring (bicyclic) bond motifs is 1. The van der Waals surface area contributed by atoms with E-state index in [4.69, 9.17) is 21.8 Å². The predicted molar refractivity (Wildman–Crippen MR) is 122 cm³/mol. The zero-order chi connectivity index (χ0) is 22.4. The van der Waals surface area contributed by atoms with E-state index in [2.05, 4.69) is 53.7 Å². The summed E-state index contributed by atoms with van der Waals surface area (Å²) in [5.41, 5.74) is 0.164. The Morgan fingerprint density at radius 1 is 1.07 bits per heavy atom. The summed E-state index contributed by atoms with van der Waals surface area (Å²) in [6.07, 6.45) is 8.71. The molecule has 167 valence electrons. The number of carbonyl (C=O) groups excluding carboxylic acids is 2. The Balaban J connectivity index is 1.81. The van der Waals surface area contributed by atoms with Crippen LogP contribution in [0.15, 0.2) is 23.5 Å². The van der Waals surface area contributed by atoms with Crippen LogP contribution < -0.4 is 0 Å². The number of allylic oxidation sites excluding steroid dienone is 2. The summed E-state index contributed by atoms with van der Waals surface area (Å²) in [4.78, 5) is 26.8. The molecule has 3 saturated heterocycles. The van der Waals surface area contributed by atoms with E-state index < -0.39 is 20.3 Å². The number of hydrogen-bond acceptors (Lipinski definition) is 4. The molecule has 5 aliphatic rings. The quantitative estimate of drug-likeness (QED) is 0.331. The summed E-state index contributed by atoms with van der Waals surface area (Å²) >= 11 is -5.17. The van der Waals surface area contributed by atoms with Gasteiger partial charge in [0.2, 0.25) is 0 Å². The van der Waals surface area contributed by atoms with Crippen LogP contribution in [0.3, 0.4) is 0 Å². The second-order valence-corrected chi connectivity index (χ2v) is 38.5. The van der Waals surface area contributed by atoms with E-state index in [0.29, 0.717) is 6.42 Å². The number of hydrogen-bond donors (Lipinski definition) is 0. The van der Waals surface area contributed by atoms with Gasteiger partial charge in [0.05, 0.1) is 0 Å². The van der Waals surface area contributed by atoms with Crippen molar-refractivity contribution >= 4 is 32.5 Å². The molecule has 4 fully saturated rings. The van der Waals surface area contributed by atoms with Crippen molar-refractivity contribution in [3.63, 3.8) is 0 Å². The van der Waals surface area contributed by atoms with Crippen LogP contribution in [0.25, 0.3) is 0 Å². The van der Waals surface area contributed by atoms with Crippen molar-refractivity contribution in [1.82, 2.24) is 0 Å². The number of rotatable bonds is 1. The third kappa shape index (κ3) is 3.23. The van der Waals surface area contributed by atoms with Crippen LogP contribution in [0.1, 0.15) is 73.6 Å². The predicted octanol–water partition coefficient (Wildman–Crippen LogP) is 6.95. The van der Waals surface area contributed by atoms with Crippen LogP contribution in [0, 0.1) is 22.2 Å². The van der Waals surface area contributed by atoms with Gasteiger partial charge in [-0.2, -0.15) is 0 Å². The average molecular weight is 552 g/mol. The summed E-state index contributed by atoms with van der Waals surface area (Å²) < 4.78 is 6.42. The first-order chi connectivity index (χ1) is 13.6. The van der Waals surface area contributed by atoms with Gasteiger partial charge in [0.25, 0.3) is 0 Å². The summed E-state index contributed by atoms with van der Waals surface area (Å²) in [7, 11) is 15.1. The average Bonchev–Trinajstić information content (AvgIpc) is 2.87. The third-order valence-corrected chi connectivity index (χ3v) is 28.9. The van der Waals surface area contributed by atoms with Gasteiger partial charge in [-0.25, -0.2) is 0 Å². The Bertz CT molecular complexity index is 858. The topological polar surface area (TPSA) is 43.4 Å². The van der Waals surface area contributed by atoms with Crippen molar-refractivity contribution in [3.8, 4) is 0 Å². The van der Waals surface area contributed by atoms with Gasteiger partial charge in [-0.05, 0) is 0 Å². The van der Waals surface area contributed by atoms with Crippen molar-refractivity contribution in [2.24, 2.45) is 22.2 Å². The van der Waals surface area contributed by atoms with Gasteiger partial charge >= 0.3 is 192 Å². The van der Waals surface area contributed by atoms with E-state index in [-0.39, 0.29) is 35.1 Å². The van der Waals surface area contributed by atoms with E-state index in [1.54, 1.807) is 0 Å². The second-order valence-electron chi connectivity index (χ2n) is 11.6. The molecule has 1 spiro atoms. The molecule has 2 bridgehead atoms. The molecule has 4 aliphatic heterocycles. The molecule has 7 heteroatoms. The Morgan fingerprint density at radius 2 is 1.70 bits per heavy atom. The molecule has 3 atom stereocenters. The van der Waals surface area contributed by atoms with Crippen LogP contribution >= 0.6 is 25.5 Å². The third-order valence-electron chi connectivity index (χ3n) is 7.38. The van der Waals surface area contributed by atoms with Gasteiger partial charge in [0.15, 0.2) is 0 Å². The zero-order valence-corrected chi connectivity index (χ0v) is 23.6. The van der Waals surface area contributed by atoms with E-state index in [1.165, 1.54) is 14.1 Å². The molecular weight excluding hydrogens is 518 g/mol. The summed E-state index contributed by atoms with van der Waals surface area (Å²) in [6.45, 7) is 13.1. The van der Waals surface area contributed by atoms with Gasteiger partial charge in [0.1, 0.15) is 0 Å². The molecule has 0 aromatic heterocycles. The van der Waals surface area contributed by atoms with Crippen molar-refractivity contribution in [3.05, 3.63) is 23.5 Å². The fraction of sp³-hybridized carbons (Fsp3) is 0.739. The molecule has 3 nitrogen and oxygen atoms in total. The number of ether oxygens (including phenoxy) is 1. The van der Waals surface area contributed by atoms with Crippen LogP contribution in [-0.4, -0.2) is 18.3 Å². The minimum atomic E-state index is -5.17. The fourth-order valence-corrected chi connectivity index (χ4v) is 29.2. The minimum absolute atomic E-state index is 0.0336. The SMILES string of the molecule is CC(C)(C)C1=CC(C(C)(C)C)OC([C@@H]2[S][Zr]3([Cl])([Cl])[C](=O)C4(CCCCC[C@H]24)[C]3=O)=C1. The van der Waals surface area contributed by atoms with E-state index in [1.807, 2.05) is 0 Å². The normalized spacial score (nSPS) is 39.2. The molecular formula is C23H33Cl2O3SZr. The molecule has 1 saturated carbocycles. The Labute approximate surface area is 191 Å². The first-order valence-corrected chi connectivity index (χ1v) is 23.8. The van der Waals surface area contributed by atoms with Crippen molar-refractivity contribution in [1.29, 1.82) is 0 Å². The monoisotopic (exact) mass is 549 g/mol. The molecule has 0 amide bonds. The molecule has 4 heterocycles. The molecule has 0 radical (unpaired) electrons. The van der Waals surface area contributed by atoms with Crippen molar-refractivity contribution in [2.75, 3.05) is 0 Å². The van der Waals surface area contributed by atoms with E-state index >= 15 is 0 Å². The first-order valence-electron chi connectivity index (χ1n) is 11.1. The van der Waals surface area contributed by atoms with Gasteiger partial charge in [-0.3, -0.25) is 0 Å². The van der Waals surface area contributed by atoms with Gasteiger partial charge < -0.3 is 0 Å². The van der Waals surface area contributed by atoms with Crippen LogP contribution in [0.2, 0.25) is 0 Å². The van der Waals surface area contributed by atoms with Crippen LogP contribution in [-0.2, 0) is 29.3 Å². The molecule has 0 aromatic rings. The Kier molecular flexibility index (Phi) is 5.48. The second kappa shape index (κ2) is 6.97. The van der Waals surface area contributed by atoms with Crippen molar-refractivity contribution in [2.45, 2.75) is 85.0 Å². The maximum atomic E-state index is 13.4. The molecule has 5 rings (SSSR count). The summed E-state index contributed by atoms with van der Waals surface area (Å²) in [5.74, 6) is 0.800. The molecule has 0 aromatic carbocycles. The Hall–Kier alpha value is 0.433. The standard InChI is InChI=1S/C23H34O3S.2ClH.Zr/c1-21(2,3)16-12-18(26-19(13-16)22(4,5)6)20(27)17-10-8-7-9-11-23(17,14-24)15-25;;;/h12-13,17,19-20,27H,7-11H2,1-6H3;2*1H;/q;;;+3/p-3/t17-,19?,20-;;;/m1.../s1. The number of halogens is 2. The Morgan fingerprint density at radius 3 is 2.27 bits per heavy atom. The summed E-state index contributed by atoms with van der Waals surface area (Å²) in [6, 6.07) is 0. The van der Waals surface area contributed by atoms with Gasteiger partial charge in [-0.1, -0.05) is 0 Å². The van der Waals surface area contributed by atoms with E-state index in [0.717, 1.165) is 31.4 Å². The maximum absolute atomic E-state index is 13.4. The van der Waals surface area contributed by atoms with Crippen molar-refractivity contribution < 1.29 is 29.3 Å². The fourth-order valence-electron chi connectivity index (χ4n) is 5.53. The van der Waals surface area contributed by atoms with Gasteiger partial charge in [0, 0.05) is 0 Å². The van der Waals surface area contributed by atoms with Crippen LogP contribution in [0.4, 0.5) is 0 Å². The van der Waals surface area contributed by atoms with E-state index in [9.17, 15) is 9.59 Å². The molecule has 1 aliphatic carbocycles. The first kappa shape index (κ1) is 23.6. The van der Waals surface area contributed by atoms with Gasteiger partial charge in [-0.15, -0.1) is 0 Å². The molecule has 0 N–H and O–H groups in total. The number of carbonyl (C=O) groups is 2.